The molecule has 144 valence electrons. The van der Waals surface area contributed by atoms with Crippen LogP contribution in [0.1, 0.15) is 10.4 Å². The molecule has 0 aliphatic heterocycles. The Bertz CT molecular complexity index is 928. The van der Waals surface area contributed by atoms with Gasteiger partial charge in [-0.25, -0.2) is 22.5 Å². The molecule has 0 aliphatic rings. The van der Waals surface area contributed by atoms with E-state index in [1.54, 1.807) is 24.6 Å². The van der Waals surface area contributed by atoms with Crippen LogP contribution in [-0.4, -0.2) is 56.5 Å². The molecule has 0 atom stereocenters. The number of rotatable bonds is 7. The molecule has 0 saturated heterocycles. The van der Waals surface area contributed by atoms with Crippen molar-refractivity contribution >= 4 is 39.3 Å². The van der Waals surface area contributed by atoms with E-state index < -0.39 is 28.5 Å². The van der Waals surface area contributed by atoms with E-state index in [4.69, 9.17) is 4.74 Å². The number of amides is 1. The highest BCUT2D eigenvalue weighted by Crippen LogP contribution is 2.18. The van der Waals surface area contributed by atoms with Gasteiger partial charge in [-0.2, -0.15) is 0 Å². The Morgan fingerprint density at radius 3 is 2.44 bits per heavy atom. The lowest BCUT2D eigenvalue weighted by molar-refractivity contribution is -0.119. The second kappa shape index (κ2) is 8.98. The van der Waals surface area contributed by atoms with Gasteiger partial charge in [0.15, 0.2) is 6.61 Å². The maximum absolute atomic E-state index is 12.1. The third kappa shape index (κ3) is 5.28. The molecule has 0 aliphatic carbocycles. The van der Waals surface area contributed by atoms with Gasteiger partial charge in [0, 0.05) is 26.0 Å². The van der Waals surface area contributed by atoms with Crippen molar-refractivity contribution in [2.75, 3.05) is 32.3 Å². The Labute approximate surface area is 162 Å². The highest BCUT2D eigenvalue weighted by atomic mass is 32.2. The SMILES string of the molecule is CSc1ncccc1C(=O)OCC(=O)Nc1ccc(S(=O)(=O)N(C)C)cc1. The maximum atomic E-state index is 12.1. The minimum atomic E-state index is -3.54. The smallest absolute Gasteiger partial charge is 0.341 e. The number of hydrogen-bond acceptors (Lipinski definition) is 7. The van der Waals surface area contributed by atoms with Gasteiger partial charge in [-0.1, -0.05) is 0 Å². The predicted octanol–water partition coefficient (Wildman–Crippen LogP) is 1.85. The number of carbonyl (C=O) groups excluding carboxylic acids is 2. The zero-order valence-corrected chi connectivity index (χ0v) is 16.6. The lowest BCUT2D eigenvalue weighted by Crippen LogP contribution is -2.23. The summed E-state index contributed by atoms with van der Waals surface area (Å²) in [5, 5.41) is 3.05. The van der Waals surface area contributed by atoms with Crippen LogP contribution in [0, 0.1) is 0 Å². The Morgan fingerprint density at radius 1 is 1.19 bits per heavy atom. The molecule has 2 rings (SSSR count). The van der Waals surface area contributed by atoms with Gasteiger partial charge < -0.3 is 10.1 Å². The summed E-state index contributed by atoms with van der Waals surface area (Å²) < 4.78 is 30.1. The maximum Gasteiger partial charge on any atom is 0.341 e. The Kier molecular flexibility index (Phi) is 6.94. The van der Waals surface area contributed by atoms with Crippen LogP contribution in [0.3, 0.4) is 0 Å². The fourth-order valence-corrected chi connectivity index (χ4v) is 3.48. The van der Waals surface area contributed by atoms with Crippen LogP contribution in [0.5, 0.6) is 0 Å². The number of carbonyl (C=O) groups is 2. The van der Waals surface area contributed by atoms with Gasteiger partial charge in [-0.05, 0) is 42.7 Å². The third-order valence-electron chi connectivity index (χ3n) is 3.44. The molecule has 10 heteroatoms. The number of benzene rings is 1. The molecule has 0 bridgehead atoms. The van der Waals surface area contributed by atoms with Crippen molar-refractivity contribution in [1.82, 2.24) is 9.29 Å². The molecule has 0 radical (unpaired) electrons. The van der Waals surface area contributed by atoms with E-state index in [0.717, 1.165) is 4.31 Å². The van der Waals surface area contributed by atoms with E-state index in [1.807, 2.05) is 0 Å². The van der Waals surface area contributed by atoms with Crippen LogP contribution in [0.2, 0.25) is 0 Å². The van der Waals surface area contributed by atoms with E-state index in [-0.39, 0.29) is 10.5 Å². The number of pyridine rings is 1. The van der Waals surface area contributed by atoms with E-state index in [2.05, 4.69) is 10.3 Å². The van der Waals surface area contributed by atoms with Crippen molar-refractivity contribution in [3.63, 3.8) is 0 Å². The molecule has 27 heavy (non-hydrogen) atoms. The molecule has 1 N–H and O–H groups in total. The van der Waals surface area contributed by atoms with Gasteiger partial charge in [0.1, 0.15) is 5.03 Å². The highest BCUT2D eigenvalue weighted by molar-refractivity contribution is 7.98. The van der Waals surface area contributed by atoms with Crippen molar-refractivity contribution in [2.24, 2.45) is 0 Å². The number of anilines is 1. The summed E-state index contributed by atoms with van der Waals surface area (Å²) in [4.78, 5) is 28.2. The Balaban J connectivity index is 1.95. The van der Waals surface area contributed by atoms with Crippen molar-refractivity contribution in [3.05, 3.63) is 48.2 Å². The van der Waals surface area contributed by atoms with Gasteiger partial charge in [-0.3, -0.25) is 4.79 Å². The minimum Gasteiger partial charge on any atom is -0.452 e. The number of nitrogens with zero attached hydrogens (tertiary/aromatic N) is 2. The molecule has 0 unspecified atom stereocenters. The molecule has 1 amide bonds. The van der Waals surface area contributed by atoms with Gasteiger partial charge in [0.2, 0.25) is 10.0 Å². The molecule has 2 aromatic rings. The molecular formula is C17H19N3O5S2. The van der Waals surface area contributed by atoms with E-state index >= 15 is 0 Å². The third-order valence-corrected chi connectivity index (χ3v) is 5.98. The van der Waals surface area contributed by atoms with Crippen LogP contribution in [0.4, 0.5) is 5.69 Å². The quantitative estimate of drug-likeness (QED) is 0.549. The first-order valence-corrected chi connectivity index (χ1v) is 10.4. The average molecular weight is 409 g/mol. The number of esters is 1. The highest BCUT2D eigenvalue weighted by Gasteiger charge is 2.17. The summed E-state index contributed by atoms with van der Waals surface area (Å²) in [5.74, 6) is -1.18. The summed E-state index contributed by atoms with van der Waals surface area (Å²) in [7, 11) is -0.668. The van der Waals surface area contributed by atoms with Gasteiger partial charge in [0.25, 0.3) is 5.91 Å². The minimum absolute atomic E-state index is 0.109. The fourth-order valence-electron chi connectivity index (χ4n) is 2.04. The summed E-state index contributed by atoms with van der Waals surface area (Å²) in [6, 6.07) is 8.88. The number of aromatic nitrogens is 1. The zero-order chi connectivity index (χ0) is 20.0. The van der Waals surface area contributed by atoms with Crippen molar-refractivity contribution in [2.45, 2.75) is 9.92 Å². The molecular weight excluding hydrogens is 390 g/mol. The summed E-state index contributed by atoms with van der Waals surface area (Å²) in [6.07, 6.45) is 3.35. The monoisotopic (exact) mass is 409 g/mol. The largest absolute Gasteiger partial charge is 0.452 e. The summed E-state index contributed by atoms with van der Waals surface area (Å²) in [6.45, 7) is -0.473. The zero-order valence-electron chi connectivity index (χ0n) is 15.0. The molecule has 0 saturated carbocycles. The van der Waals surface area contributed by atoms with Gasteiger partial charge in [-0.15, -0.1) is 11.8 Å². The lowest BCUT2D eigenvalue weighted by atomic mass is 10.3. The Hall–Kier alpha value is -2.43. The topological polar surface area (TPSA) is 106 Å². The number of sulfonamides is 1. The van der Waals surface area contributed by atoms with Gasteiger partial charge >= 0.3 is 5.97 Å². The molecule has 0 spiro atoms. The van der Waals surface area contributed by atoms with Crippen molar-refractivity contribution < 1.29 is 22.7 Å². The first kappa shape index (κ1) is 20.9. The predicted molar refractivity (Wildman–Crippen MR) is 102 cm³/mol. The van der Waals surface area contributed by atoms with E-state index in [0.29, 0.717) is 10.7 Å². The second-order valence-electron chi connectivity index (χ2n) is 5.50. The molecule has 1 heterocycles. The van der Waals surface area contributed by atoms with Crippen LogP contribution in [0.25, 0.3) is 0 Å². The van der Waals surface area contributed by atoms with Crippen LogP contribution < -0.4 is 5.32 Å². The summed E-state index contributed by atoms with van der Waals surface area (Å²) in [5.41, 5.74) is 0.677. The van der Waals surface area contributed by atoms with E-state index in [1.165, 1.54) is 50.1 Å². The molecule has 1 aromatic carbocycles. The standard InChI is InChI=1S/C17H19N3O5S2/c1-20(2)27(23,24)13-8-6-12(7-9-13)19-15(21)11-25-17(22)14-5-4-10-18-16(14)26-3/h4-10H,11H2,1-3H3,(H,19,21). The number of thioether (sulfide) groups is 1. The number of hydrogen-bond donors (Lipinski definition) is 1. The first-order chi connectivity index (χ1) is 12.8. The number of ether oxygens (including phenoxy) is 1. The van der Waals surface area contributed by atoms with Crippen molar-refractivity contribution in [1.29, 1.82) is 0 Å². The Morgan fingerprint density at radius 2 is 1.85 bits per heavy atom. The van der Waals surface area contributed by atoms with Crippen molar-refractivity contribution in [3.8, 4) is 0 Å². The summed E-state index contributed by atoms with van der Waals surface area (Å²) >= 11 is 1.30. The fraction of sp³-hybridized carbons (Fsp3) is 0.235. The average Bonchev–Trinajstić information content (AvgIpc) is 2.66. The lowest BCUT2D eigenvalue weighted by Gasteiger charge is -2.12. The molecule has 0 fully saturated rings. The van der Waals surface area contributed by atoms with Gasteiger partial charge in [0.05, 0.1) is 10.5 Å². The van der Waals surface area contributed by atoms with Crippen LogP contribution in [-0.2, 0) is 19.6 Å². The molecule has 8 nitrogen and oxygen atoms in total. The van der Waals surface area contributed by atoms with E-state index in [9.17, 15) is 18.0 Å². The first-order valence-electron chi connectivity index (χ1n) is 7.74. The molecule has 1 aromatic heterocycles. The number of nitrogens with one attached hydrogen (secondary N) is 1. The van der Waals surface area contributed by atoms with Crippen LogP contribution >= 0.6 is 11.8 Å². The normalized spacial score (nSPS) is 11.3. The second-order valence-corrected chi connectivity index (χ2v) is 8.44. The van der Waals surface area contributed by atoms with Crippen LogP contribution in [0.15, 0.2) is 52.5 Å².